The van der Waals surface area contributed by atoms with Crippen molar-refractivity contribution in [3.05, 3.63) is 0 Å². The van der Waals surface area contributed by atoms with Gasteiger partial charge in [-0.3, -0.25) is 9.59 Å². The first-order valence-electron chi connectivity index (χ1n) is 4.47. The fourth-order valence-corrected chi connectivity index (χ4v) is 1.81. The average Bonchev–Trinajstić information content (AvgIpc) is 2.59. The Morgan fingerprint density at radius 1 is 1.36 bits per heavy atom. The fourth-order valence-electron chi connectivity index (χ4n) is 1.81. The van der Waals surface area contributed by atoms with E-state index in [9.17, 15) is 9.59 Å². The Morgan fingerprint density at radius 3 is 2.50 bits per heavy atom. The van der Waals surface area contributed by atoms with Crippen LogP contribution in [0, 0.1) is 5.92 Å². The summed E-state index contributed by atoms with van der Waals surface area (Å²) in [5, 5.41) is 2.97. The Morgan fingerprint density at radius 2 is 2.00 bits per heavy atom. The molecule has 2 atom stereocenters. The van der Waals surface area contributed by atoms with Crippen LogP contribution in [0.5, 0.6) is 0 Å². The molecule has 0 aromatic rings. The lowest BCUT2D eigenvalue weighted by molar-refractivity contribution is -0.158. The van der Waals surface area contributed by atoms with Crippen molar-refractivity contribution in [2.75, 3.05) is 20.8 Å². The number of carbonyl (C=O) groups is 2. The van der Waals surface area contributed by atoms with E-state index in [-0.39, 0.29) is 5.97 Å². The second-order valence-corrected chi connectivity index (χ2v) is 3.49. The predicted molar refractivity (Wildman–Crippen MR) is 48.5 cm³/mol. The highest BCUT2D eigenvalue weighted by Gasteiger charge is 2.50. The zero-order valence-corrected chi connectivity index (χ0v) is 8.62. The van der Waals surface area contributed by atoms with Crippen molar-refractivity contribution < 1.29 is 19.1 Å². The molecule has 0 unspecified atom stereocenters. The van der Waals surface area contributed by atoms with Crippen LogP contribution in [0.15, 0.2) is 0 Å². The lowest BCUT2D eigenvalue weighted by Crippen LogP contribution is -2.52. The van der Waals surface area contributed by atoms with Gasteiger partial charge in [-0.2, -0.15) is 0 Å². The third-order valence-electron chi connectivity index (χ3n) is 2.72. The summed E-state index contributed by atoms with van der Waals surface area (Å²) in [6.07, 6.45) is 0.596. The van der Waals surface area contributed by atoms with Gasteiger partial charge in [0.2, 0.25) is 0 Å². The largest absolute Gasteiger partial charge is 0.469 e. The maximum absolute atomic E-state index is 11.5. The minimum atomic E-state index is -0.943. The van der Waals surface area contributed by atoms with E-state index >= 15 is 0 Å². The maximum atomic E-state index is 11.5. The van der Waals surface area contributed by atoms with Gasteiger partial charge in [0, 0.05) is 0 Å². The lowest BCUT2D eigenvalue weighted by Gasteiger charge is -2.26. The second kappa shape index (κ2) is 3.96. The molecule has 1 fully saturated rings. The van der Waals surface area contributed by atoms with Gasteiger partial charge in [0.15, 0.2) is 0 Å². The van der Waals surface area contributed by atoms with Crippen LogP contribution in [0.4, 0.5) is 0 Å². The van der Waals surface area contributed by atoms with Crippen LogP contribution in [-0.4, -0.2) is 38.2 Å². The number of esters is 2. The minimum absolute atomic E-state index is 0.372. The summed E-state index contributed by atoms with van der Waals surface area (Å²) < 4.78 is 9.29. The highest BCUT2D eigenvalue weighted by Crippen LogP contribution is 2.28. The molecule has 1 heterocycles. The summed E-state index contributed by atoms with van der Waals surface area (Å²) in [4.78, 5) is 22.9. The summed E-state index contributed by atoms with van der Waals surface area (Å²) in [5.41, 5.74) is -0.943. The van der Waals surface area contributed by atoms with Gasteiger partial charge in [-0.05, 0) is 19.9 Å². The molecule has 0 amide bonds. The molecule has 1 rings (SSSR count). The molecule has 0 aromatic heterocycles. The molecule has 1 N–H and O–H groups in total. The van der Waals surface area contributed by atoms with Gasteiger partial charge in [-0.25, -0.2) is 0 Å². The standard InChI is InChI=1S/C9H15NO4/c1-9(8(12)14-3)6(4-5-10-9)7(11)13-2/h6,10H,4-5H2,1-3H3/t6-,9+/m0/s1. The van der Waals surface area contributed by atoms with E-state index in [4.69, 9.17) is 0 Å². The molecule has 1 aliphatic rings. The van der Waals surface area contributed by atoms with Crippen LogP contribution in [0.1, 0.15) is 13.3 Å². The number of rotatable bonds is 2. The summed E-state index contributed by atoms with van der Waals surface area (Å²) in [6, 6.07) is 0. The summed E-state index contributed by atoms with van der Waals surface area (Å²) in [7, 11) is 2.63. The van der Waals surface area contributed by atoms with E-state index in [0.29, 0.717) is 13.0 Å². The zero-order valence-electron chi connectivity index (χ0n) is 8.62. The number of hydrogen-bond acceptors (Lipinski definition) is 5. The molecule has 5 nitrogen and oxygen atoms in total. The van der Waals surface area contributed by atoms with Crippen molar-refractivity contribution in [3.8, 4) is 0 Å². The van der Waals surface area contributed by atoms with Gasteiger partial charge in [-0.15, -0.1) is 0 Å². The molecule has 0 bridgehead atoms. The molecule has 0 spiro atoms. The smallest absolute Gasteiger partial charge is 0.326 e. The van der Waals surface area contributed by atoms with E-state index < -0.39 is 17.4 Å². The molecule has 0 saturated carbocycles. The monoisotopic (exact) mass is 201 g/mol. The first-order chi connectivity index (χ1) is 6.56. The van der Waals surface area contributed by atoms with Gasteiger partial charge in [0.05, 0.1) is 20.1 Å². The van der Waals surface area contributed by atoms with Crippen LogP contribution in [0.2, 0.25) is 0 Å². The predicted octanol–water partition coefficient (Wildman–Crippen LogP) is -0.299. The second-order valence-electron chi connectivity index (χ2n) is 3.49. The Labute approximate surface area is 82.8 Å². The highest BCUT2D eigenvalue weighted by atomic mass is 16.5. The molecule has 0 radical (unpaired) electrons. The molecule has 80 valence electrons. The van der Waals surface area contributed by atoms with Crippen LogP contribution < -0.4 is 5.32 Å². The molecular formula is C9H15NO4. The Balaban J connectivity index is 2.86. The van der Waals surface area contributed by atoms with E-state index in [1.54, 1.807) is 6.92 Å². The molecule has 1 saturated heterocycles. The van der Waals surface area contributed by atoms with Crippen LogP contribution in [0.3, 0.4) is 0 Å². The van der Waals surface area contributed by atoms with E-state index in [2.05, 4.69) is 14.8 Å². The normalized spacial score (nSPS) is 31.2. The maximum Gasteiger partial charge on any atom is 0.326 e. The molecular weight excluding hydrogens is 186 g/mol. The van der Waals surface area contributed by atoms with Crippen molar-refractivity contribution in [3.63, 3.8) is 0 Å². The van der Waals surface area contributed by atoms with Crippen LogP contribution >= 0.6 is 0 Å². The molecule has 0 aromatic carbocycles. The fraction of sp³-hybridized carbons (Fsp3) is 0.778. The Kier molecular flexibility index (Phi) is 3.10. The summed E-state index contributed by atoms with van der Waals surface area (Å²) in [5.74, 6) is -1.26. The van der Waals surface area contributed by atoms with Gasteiger partial charge in [0.25, 0.3) is 0 Å². The Bertz CT molecular complexity index is 253. The first kappa shape index (κ1) is 11.0. The average molecular weight is 201 g/mol. The number of carbonyl (C=O) groups excluding carboxylic acids is 2. The number of ether oxygens (including phenoxy) is 2. The third kappa shape index (κ3) is 1.59. The number of hydrogen-bond donors (Lipinski definition) is 1. The van der Waals surface area contributed by atoms with Crippen molar-refractivity contribution in [1.82, 2.24) is 5.32 Å². The molecule has 5 heteroatoms. The quantitative estimate of drug-likeness (QED) is 0.621. The first-order valence-corrected chi connectivity index (χ1v) is 4.47. The van der Waals surface area contributed by atoms with Crippen molar-refractivity contribution >= 4 is 11.9 Å². The van der Waals surface area contributed by atoms with E-state index in [1.807, 2.05) is 0 Å². The SMILES string of the molecule is COC(=O)[C@@H]1CCN[C@@]1(C)C(=O)OC. The number of nitrogens with one attached hydrogen (secondary N) is 1. The van der Waals surface area contributed by atoms with Gasteiger partial charge >= 0.3 is 11.9 Å². The molecule has 0 aliphatic carbocycles. The van der Waals surface area contributed by atoms with Crippen LogP contribution in [0.25, 0.3) is 0 Å². The molecule has 1 aliphatic heterocycles. The van der Waals surface area contributed by atoms with E-state index in [0.717, 1.165) is 0 Å². The van der Waals surface area contributed by atoms with Gasteiger partial charge in [0.1, 0.15) is 5.54 Å². The zero-order chi connectivity index (χ0) is 10.8. The third-order valence-corrected chi connectivity index (χ3v) is 2.72. The van der Waals surface area contributed by atoms with Crippen LogP contribution in [-0.2, 0) is 19.1 Å². The molecule has 14 heavy (non-hydrogen) atoms. The van der Waals surface area contributed by atoms with Crippen molar-refractivity contribution in [1.29, 1.82) is 0 Å². The lowest BCUT2D eigenvalue weighted by atomic mass is 9.87. The Hall–Kier alpha value is -1.10. The van der Waals surface area contributed by atoms with E-state index in [1.165, 1.54) is 14.2 Å². The van der Waals surface area contributed by atoms with Gasteiger partial charge < -0.3 is 14.8 Å². The highest BCUT2D eigenvalue weighted by molar-refractivity contribution is 5.89. The van der Waals surface area contributed by atoms with Gasteiger partial charge in [-0.1, -0.05) is 0 Å². The van der Waals surface area contributed by atoms with Crippen molar-refractivity contribution in [2.45, 2.75) is 18.9 Å². The summed E-state index contributed by atoms with van der Waals surface area (Å²) in [6.45, 7) is 2.28. The van der Waals surface area contributed by atoms with Crippen molar-refractivity contribution in [2.24, 2.45) is 5.92 Å². The summed E-state index contributed by atoms with van der Waals surface area (Å²) >= 11 is 0. The minimum Gasteiger partial charge on any atom is -0.469 e. The topological polar surface area (TPSA) is 64.6 Å². The number of methoxy groups -OCH3 is 2.